The molecule has 0 atom stereocenters. The van der Waals surface area contributed by atoms with E-state index in [9.17, 15) is 13.6 Å². The van der Waals surface area contributed by atoms with Gasteiger partial charge in [0.15, 0.2) is 11.6 Å². The van der Waals surface area contributed by atoms with Gasteiger partial charge in [-0.1, -0.05) is 6.07 Å². The molecule has 0 aliphatic rings. The summed E-state index contributed by atoms with van der Waals surface area (Å²) in [6.07, 6.45) is 1.48. The van der Waals surface area contributed by atoms with Crippen molar-refractivity contribution in [2.45, 2.75) is 6.54 Å². The van der Waals surface area contributed by atoms with Gasteiger partial charge in [-0.15, -0.1) is 0 Å². The normalized spacial score (nSPS) is 10.4. The lowest BCUT2D eigenvalue weighted by atomic mass is 10.2. The fourth-order valence-electron chi connectivity index (χ4n) is 1.58. The van der Waals surface area contributed by atoms with Gasteiger partial charge in [0.25, 0.3) is 5.91 Å². The molecule has 2 aromatic rings. The monoisotopic (exact) mass is 251 g/mol. The van der Waals surface area contributed by atoms with Crippen LogP contribution in [0.3, 0.4) is 0 Å². The van der Waals surface area contributed by atoms with Gasteiger partial charge in [0.05, 0.1) is 18.4 Å². The summed E-state index contributed by atoms with van der Waals surface area (Å²) in [6, 6.07) is 6.91. The first-order chi connectivity index (χ1) is 8.59. The SMILES string of the molecule is CN(Cc1ccco1)C(=O)c1cccc(F)c1F. The summed E-state index contributed by atoms with van der Waals surface area (Å²) in [5.41, 5.74) is -0.288. The third-order valence-corrected chi connectivity index (χ3v) is 2.50. The van der Waals surface area contributed by atoms with E-state index in [1.54, 1.807) is 12.1 Å². The molecule has 0 aliphatic carbocycles. The van der Waals surface area contributed by atoms with Crippen LogP contribution in [0, 0.1) is 11.6 Å². The fourth-order valence-corrected chi connectivity index (χ4v) is 1.58. The van der Waals surface area contributed by atoms with Gasteiger partial charge in [0, 0.05) is 7.05 Å². The van der Waals surface area contributed by atoms with Crippen LogP contribution in [0.25, 0.3) is 0 Å². The summed E-state index contributed by atoms with van der Waals surface area (Å²) in [5.74, 6) is -2.19. The van der Waals surface area contributed by atoms with Gasteiger partial charge < -0.3 is 9.32 Å². The van der Waals surface area contributed by atoms with E-state index in [0.29, 0.717) is 5.76 Å². The molecule has 1 aromatic carbocycles. The molecule has 0 unspecified atom stereocenters. The highest BCUT2D eigenvalue weighted by Crippen LogP contribution is 2.14. The molecule has 0 fully saturated rings. The molecule has 2 rings (SSSR count). The minimum absolute atomic E-state index is 0.196. The van der Waals surface area contributed by atoms with E-state index in [0.717, 1.165) is 6.07 Å². The number of halogens is 2. The van der Waals surface area contributed by atoms with E-state index in [1.165, 1.54) is 30.3 Å². The number of rotatable bonds is 3. The quantitative estimate of drug-likeness (QED) is 0.840. The summed E-state index contributed by atoms with van der Waals surface area (Å²) in [7, 11) is 1.50. The highest BCUT2D eigenvalue weighted by Gasteiger charge is 2.19. The third kappa shape index (κ3) is 2.40. The molecule has 0 spiro atoms. The minimum Gasteiger partial charge on any atom is -0.467 e. The topological polar surface area (TPSA) is 33.5 Å². The lowest BCUT2D eigenvalue weighted by Gasteiger charge is -2.16. The number of amides is 1. The Morgan fingerprint density at radius 3 is 2.72 bits per heavy atom. The van der Waals surface area contributed by atoms with Gasteiger partial charge >= 0.3 is 0 Å². The molecule has 0 aliphatic heterocycles. The first kappa shape index (κ1) is 12.3. The number of nitrogens with zero attached hydrogens (tertiary/aromatic N) is 1. The number of hydrogen-bond acceptors (Lipinski definition) is 2. The van der Waals surface area contributed by atoms with Crippen LogP contribution in [-0.4, -0.2) is 17.9 Å². The molecule has 0 saturated heterocycles. The van der Waals surface area contributed by atoms with Gasteiger partial charge in [-0.25, -0.2) is 8.78 Å². The lowest BCUT2D eigenvalue weighted by molar-refractivity contribution is 0.0769. The maximum absolute atomic E-state index is 13.4. The van der Waals surface area contributed by atoms with Crippen molar-refractivity contribution in [3.63, 3.8) is 0 Å². The molecule has 5 heteroatoms. The molecule has 18 heavy (non-hydrogen) atoms. The van der Waals surface area contributed by atoms with E-state index in [1.807, 2.05) is 0 Å². The minimum atomic E-state index is -1.13. The first-order valence-corrected chi connectivity index (χ1v) is 5.31. The summed E-state index contributed by atoms with van der Waals surface area (Å²) < 4.78 is 31.5. The number of hydrogen-bond donors (Lipinski definition) is 0. The molecular formula is C13H11F2NO2. The van der Waals surface area contributed by atoms with Crippen LogP contribution in [0.4, 0.5) is 8.78 Å². The van der Waals surface area contributed by atoms with Crippen LogP contribution in [0.2, 0.25) is 0 Å². The van der Waals surface area contributed by atoms with Crippen molar-refractivity contribution < 1.29 is 18.0 Å². The maximum Gasteiger partial charge on any atom is 0.257 e. The molecule has 1 heterocycles. The molecular weight excluding hydrogens is 240 g/mol. The number of benzene rings is 1. The Morgan fingerprint density at radius 2 is 2.06 bits per heavy atom. The number of carbonyl (C=O) groups excluding carboxylic acids is 1. The summed E-state index contributed by atoms with van der Waals surface area (Å²) in [6.45, 7) is 0.196. The highest BCUT2D eigenvalue weighted by atomic mass is 19.2. The Balaban J connectivity index is 2.18. The van der Waals surface area contributed by atoms with Crippen LogP contribution >= 0.6 is 0 Å². The largest absolute Gasteiger partial charge is 0.467 e. The van der Waals surface area contributed by atoms with Gasteiger partial charge in [-0.3, -0.25) is 4.79 Å². The van der Waals surface area contributed by atoms with Crippen molar-refractivity contribution in [1.29, 1.82) is 0 Å². The molecule has 0 bridgehead atoms. The summed E-state index contributed by atoms with van der Waals surface area (Å²) >= 11 is 0. The Morgan fingerprint density at radius 1 is 1.28 bits per heavy atom. The van der Waals surface area contributed by atoms with E-state index >= 15 is 0 Å². The zero-order valence-corrected chi connectivity index (χ0v) is 9.69. The Hall–Kier alpha value is -2.17. The zero-order valence-electron chi connectivity index (χ0n) is 9.69. The molecule has 0 N–H and O–H groups in total. The predicted molar refractivity (Wildman–Crippen MR) is 60.9 cm³/mol. The smallest absolute Gasteiger partial charge is 0.257 e. The molecule has 0 saturated carbocycles. The van der Waals surface area contributed by atoms with Crippen molar-refractivity contribution in [1.82, 2.24) is 4.90 Å². The lowest BCUT2D eigenvalue weighted by Crippen LogP contribution is -2.27. The van der Waals surface area contributed by atoms with E-state index in [2.05, 4.69) is 0 Å². The highest BCUT2D eigenvalue weighted by molar-refractivity contribution is 5.94. The number of furan rings is 1. The van der Waals surface area contributed by atoms with Crippen molar-refractivity contribution in [3.8, 4) is 0 Å². The average molecular weight is 251 g/mol. The van der Waals surface area contributed by atoms with Gasteiger partial charge in [0.1, 0.15) is 5.76 Å². The maximum atomic E-state index is 13.4. The molecule has 1 amide bonds. The third-order valence-electron chi connectivity index (χ3n) is 2.50. The van der Waals surface area contributed by atoms with Crippen LogP contribution in [0.5, 0.6) is 0 Å². The standard InChI is InChI=1S/C13H11F2NO2/c1-16(8-9-4-3-7-18-9)13(17)10-5-2-6-11(14)12(10)15/h2-7H,8H2,1H3. The molecule has 3 nitrogen and oxygen atoms in total. The Labute approximate surface area is 103 Å². The number of carbonyl (C=O) groups is 1. The van der Waals surface area contributed by atoms with Gasteiger partial charge in [0.2, 0.25) is 0 Å². The van der Waals surface area contributed by atoms with Crippen LogP contribution in [-0.2, 0) is 6.54 Å². The van der Waals surface area contributed by atoms with E-state index < -0.39 is 17.5 Å². The molecule has 94 valence electrons. The van der Waals surface area contributed by atoms with Crippen LogP contribution in [0.15, 0.2) is 41.0 Å². The fraction of sp³-hybridized carbons (Fsp3) is 0.154. The van der Waals surface area contributed by atoms with Crippen molar-refractivity contribution >= 4 is 5.91 Å². The molecule has 0 radical (unpaired) electrons. The first-order valence-electron chi connectivity index (χ1n) is 5.31. The van der Waals surface area contributed by atoms with Crippen molar-refractivity contribution in [2.24, 2.45) is 0 Å². The Kier molecular flexibility index (Phi) is 3.41. The average Bonchev–Trinajstić information content (AvgIpc) is 2.84. The van der Waals surface area contributed by atoms with E-state index in [4.69, 9.17) is 4.42 Å². The van der Waals surface area contributed by atoms with Gasteiger partial charge in [-0.2, -0.15) is 0 Å². The predicted octanol–water partition coefficient (Wildman–Crippen LogP) is 2.83. The summed E-state index contributed by atoms with van der Waals surface area (Å²) in [4.78, 5) is 13.2. The second-order valence-electron chi connectivity index (χ2n) is 3.84. The Bertz CT molecular complexity index is 552. The van der Waals surface area contributed by atoms with Crippen LogP contribution in [0.1, 0.15) is 16.1 Å². The zero-order chi connectivity index (χ0) is 13.1. The second-order valence-corrected chi connectivity index (χ2v) is 3.84. The second kappa shape index (κ2) is 5.00. The van der Waals surface area contributed by atoms with Gasteiger partial charge in [-0.05, 0) is 24.3 Å². The molecule has 1 aromatic heterocycles. The van der Waals surface area contributed by atoms with Crippen molar-refractivity contribution in [3.05, 3.63) is 59.6 Å². The summed E-state index contributed by atoms with van der Waals surface area (Å²) in [5, 5.41) is 0. The van der Waals surface area contributed by atoms with E-state index in [-0.39, 0.29) is 12.1 Å². The van der Waals surface area contributed by atoms with Crippen molar-refractivity contribution in [2.75, 3.05) is 7.05 Å². The van der Waals surface area contributed by atoms with Crippen LogP contribution < -0.4 is 0 Å².